The van der Waals surface area contributed by atoms with Crippen molar-refractivity contribution >= 4 is 23.3 Å². The number of fused-ring (bicyclic) bond motifs is 1. The molecular weight excluding hydrogens is 314 g/mol. The average Bonchev–Trinajstić information content (AvgIpc) is 2.54. The van der Waals surface area contributed by atoms with Gasteiger partial charge in [-0.25, -0.2) is 0 Å². The van der Waals surface area contributed by atoms with Gasteiger partial charge in [-0.05, 0) is 31.6 Å². The number of aromatic nitrogens is 1. The highest BCUT2D eigenvalue weighted by Gasteiger charge is 2.31. The monoisotopic (exact) mass is 333 g/mol. The van der Waals surface area contributed by atoms with Crippen LogP contribution in [-0.4, -0.2) is 40.1 Å². The van der Waals surface area contributed by atoms with Gasteiger partial charge in [-0.1, -0.05) is 6.08 Å². The van der Waals surface area contributed by atoms with E-state index in [2.05, 4.69) is 4.98 Å². The fourth-order valence-electron chi connectivity index (χ4n) is 2.52. The summed E-state index contributed by atoms with van der Waals surface area (Å²) in [4.78, 5) is 16.5. The molecule has 1 unspecified atom stereocenters. The molecule has 3 rings (SSSR count). The molecule has 1 saturated heterocycles. The zero-order valence-electron chi connectivity index (χ0n) is 13.1. The number of nitrogens with zero attached hydrogens (tertiary/aromatic N) is 1. The van der Waals surface area contributed by atoms with E-state index < -0.39 is 10.7 Å². The Bertz CT molecular complexity index is 681. The molecule has 1 aliphatic carbocycles. The predicted molar refractivity (Wildman–Crippen MR) is 88.2 cm³/mol. The van der Waals surface area contributed by atoms with Crippen molar-refractivity contribution in [1.82, 2.24) is 4.98 Å². The molecule has 1 fully saturated rings. The molecular formula is C17H19NO4S. The zero-order chi connectivity index (χ0) is 16.4. The van der Waals surface area contributed by atoms with Crippen LogP contribution in [0.5, 0.6) is 0 Å². The summed E-state index contributed by atoms with van der Waals surface area (Å²) in [6.07, 6.45) is 8.07. The van der Waals surface area contributed by atoms with Gasteiger partial charge in [0.15, 0.2) is 0 Å². The van der Waals surface area contributed by atoms with Crippen molar-refractivity contribution in [1.29, 1.82) is 0 Å². The number of pyridine rings is 1. The Kier molecular flexibility index (Phi) is 4.46. The maximum atomic E-state index is 11.4. The molecule has 0 aromatic carbocycles. The summed E-state index contributed by atoms with van der Waals surface area (Å²) in [7, 11) is 0. The third-order valence-corrected chi connectivity index (χ3v) is 5.11. The second kappa shape index (κ2) is 6.37. The van der Waals surface area contributed by atoms with Crippen LogP contribution in [-0.2, 0) is 14.3 Å². The van der Waals surface area contributed by atoms with E-state index in [1.165, 1.54) is 11.8 Å². The van der Waals surface area contributed by atoms with Gasteiger partial charge in [0.05, 0.1) is 6.61 Å². The molecule has 1 aliphatic heterocycles. The van der Waals surface area contributed by atoms with E-state index >= 15 is 0 Å². The number of carboxylic acids is 1. The first-order valence-electron chi connectivity index (χ1n) is 7.49. The first-order chi connectivity index (χ1) is 11.0. The summed E-state index contributed by atoms with van der Waals surface area (Å²) < 4.78 is 10.5. The normalized spacial score (nSPS) is 20.9. The van der Waals surface area contributed by atoms with Crippen LogP contribution in [0, 0.1) is 0 Å². The molecule has 0 saturated carbocycles. The van der Waals surface area contributed by atoms with Crippen LogP contribution < -0.4 is 0 Å². The van der Waals surface area contributed by atoms with Gasteiger partial charge >= 0.3 is 5.97 Å². The van der Waals surface area contributed by atoms with Gasteiger partial charge in [0.1, 0.15) is 23.2 Å². The lowest BCUT2D eigenvalue weighted by Crippen LogP contribution is -2.29. The van der Waals surface area contributed by atoms with Crippen molar-refractivity contribution in [2.75, 3.05) is 13.2 Å². The van der Waals surface area contributed by atoms with Gasteiger partial charge in [0.2, 0.25) is 0 Å². The van der Waals surface area contributed by atoms with Crippen molar-refractivity contribution in [3.05, 3.63) is 41.9 Å². The van der Waals surface area contributed by atoms with Crippen LogP contribution in [0.2, 0.25) is 0 Å². The number of ether oxygens (including phenoxy) is 2. The summed E-state index contributed by atoms with van der Waals surface area (Å²) in [5.74, 6) is 0.0260. The molecule has 1 N–H and O–H groups in total. The zero-order valence-corrected chi connectivity index (χ0v) is 13.9. The summed E-state index contributed by atoms with van der Waals surface area (Å²) >= 11 is 1.33. The summed E-state index contributed by atoms with van der Waals surface area (Å²) in [5.41, 5.74) is 2.04. The van der Waals surface area contributed by atoms with Crippen LogP contribution in [0.3, 0.4) is 0 Å². The minimum Gasteiger partial charge on any atom is -0.493 e. The van der Waals surface area contributed by atoms with Crippen molar-refractivity contribution in [3.8, 4) is 0 Å². The van der Waals surface area contributed by atoms with Crippen molar-refractivity contribution in [3.63, 3.8) is 0 Å². The largest absolute Gasteiger partial charge is 0.493 e. The third kappa shape index (κ3) is 3.43. The molecule has 6 heteroatoms. The van der Waals surface area contributed by atoms with Gasteiger partial charge in [0, 0.05) is 29.3 Å². The quantitative estimate of drug-likeness (QED) is 0.854. The third-order valence-electron chi connectivity index (χ3n) is 3.85. The molecule has 23 heavy (non-hydrogen) atoms. The fourth-order valence-corrected chi connectivity index (χ4v) is 3.58. The molecule has 2 heterocycles. The van der Waals surface area contributed by atoms with Gasteiger partial charge in [-0.2, -0.15) is 0 Å². The molecule has 0 amide bonds. The van der Waals surface area contributed by atoms with Gasteiger partial charge in [-0.3, -0.25) is 9.78 Å². The summed E-state index contributed by atoms with van der Waals surface area (Å²) in [5, 5.41) is 9.36. The first-order valence-corrected chi connectivity index (χ1v) is 8.31. The lowest BCUT2D eigenvalue weighted by atomic mass is 9.95. The van der Waals surface area contributed by atoms with Crippen LogP contribution in [0.15, 0.2) is 41.3 Å². The van der Waals surface area contributed by atoms with Gasteiger partial charge in [0.25, 0.3) is 0 Å². The lowest BCUT2D eigenvalue weighted by molar-refractivity contribution is -0.138. The number of thioether (sulfide) groups is 1. The SMILES string of the molecule is CC(C)(Sc1ccncc1C1=CC=C2OCCOC2C1)C(=O)O. The molecule has 122 valence electrons. The van der Waals surface area contributed by atoms with Crippen molar-refractivity contribution < 1.29 is 19.4 Å². The molecule has 0 radical (unpaired) electrons. The predicted octanol–water partition coefficient (Wildman–Crippen LogP) is 3.12. The van der Waals surface area contributed by atoms with E-state index in [1.54, 1.807) is 26.2 Å². The number of aliphatic carboxylic acids is 1. The van der Waals surface area contributed by atoms with E-state index in [-0.39, 0.29) is 6.10 Å². The maximum absolute atomic E-state index is 11.4. The second-order valence-corrected chi connectivity index (χ2v) is 7.63. The standard InChI is InChI=1S/C17H19NO4S/c1-17(2,16(19)20)23-15-5-6-18-10-12(15)11-3-4-13-14(9-11)22-8-7-21-13/h3-6,10,14H,7-9H2,1-2H3,(H,19,20). The fraction of sp³-hybridized carbons (Fsp3) is 0.412. The Balaban J connectivity index is 1.90. The molecule has 0 spiro atoms. The van der Waals surface area contributed by atoms with Crippen molar-refractivity contribution in [2.24, 2.45) is 0 Å². The number of hydrogen-bond acceptors (Lipinski definition) is 5. The van der Waals surface area contributed by atoms with Crippen LogP contribution in [0.25, 0.3) is 5.57 Å². The lowest BCUT2D eigenvalue weighted by Gasteiger charge is -2.30. The summed E-state index contributed by atoms with van der Waals surface area (Å²) in [6.45, 7) is 4.59. The minimum absolute atomic E-state index is 0.0608. The Labute approximate surface area is 139 Å². The highest BCUT2D eigenvalue weighted by atomic mass is 32.2. The van der Waals surface area contributed by atoms with Gasteiger partial charge < -0.3 is 14.6 Å². The number of rotatable bonds is 4. The Morgan fingerprint density at radius 3 is 3.00 bits per heavy atom. The van der Waals surface area contributed by atoms with Gasteiger partial charge in [-0.15, -0.1) is 11.8 Å². The van der Waals surface area contributed by atoms with Crippen LogP contribution in [0.4, 0.5) is 0 Å². The smallest absolute Gasteiger partial charge is 0.319 e. The topological polar surface area (TPSA) is 68.7 Å². The van der Waals surface area contributed by atoms with E-state index in [4.69, 9.17) is 9.47 Å². The van der Waals surface area contributed by atoms with E-state index in [0.29, 0.717) is 19.6 Å². The van der Waals surface area contributed by atoms with E-state index in [9.17, 15) is 9.90 Å². The average molecular weight is 333 g/mol. The maximum Gasteiger partial charge on any atom is 0.319 e. The number of carbonyl (C=O) groups is 1. The minimum atomic E-state index is -0.906. The Hall–Kier alpha value is -1.79. The van der Waals surface area contributed by atoms with E-state index in [0.717, 1.165) is 21.8 Å². The number of carboxylic acid groups (broad SMARTS) is 1. The molecule has 2 aliphatic rings. The molecule has 1 aromatic heterocycles. The number of allylic oxidation sites excluding steroid dienone is 2. The number of hydrogen-bond donors (Lipinski definition) is 1. The Morgan fingerprint density at radius 2 is 2.22 bits per heavy atom. The summed E-state index contributed by atoms with van der Waals surface area (Å²) in [6, 6.07) is 1.86. The van der Waals surface area contributed by atoms with Crippen molar-refractivity contribution in [2.45, 2.75) is 36.0 Å². The highest BCUT2D eigenvalue weighted by molar-refractivity contribution is 8.01. The Morgan fingerprint density at radius 1 is 1.39 bits per heavy atom. The molecule has 0 bridgehead atoms. The van der Waals surface area contributed by atoms with Crippen LogP contribution in [0.1, 0.15) is 25.8 Å². The molecule has 1 aromatic rings. The molecule has 1 atom stereocenters. The van der Waals surface area contributed by atoms with Crippen LogP contribution >= 0.6 is 11.8 Å². The van der Waals surface area contributed by atoms with E-state index in [1.807, 2.05) is 18.2 Å². The first kappa shape index (κ1) is 16.1. The molecule has 5 nitrogen and oxygen atoms in total. The highest BCUT2D eigenvalue weighted by Crippen LogP contribution is 2.39. The second-order valence-electron chi connectivity index (χ2n) is 5.96.